The van der Waals surface area contributed by atoms with E-state index in [1.165, 1.54) is 34.4 Å². The van der Waals surface area contributed by atoms with Gasteiger partial charge >= 0.3 is 0 Å². The molecule has 4 heteroatoms. The molecule has 0 fully saturated rings. The first-order valence-corrected chi connectivity index (χ1v) is 10.7. The van der Waals surface area contributed by atoms with E-state index in [1.54, 1.807) is 0 Å². The zero-order valence-corrected chi connectivity index (χ0v) is 18.3. The molecular formula is C29H20FN3. The molecule has 0 saturated carbocycles. The number of halogens is 1. The van der Waals surface area contributed by atoms with Crippen molar-refractivity contribution in [3.63, 3.8) is 0 Å². The van der Waals surface area contributed by atoms with Gasteiger partial charge in [0.1, 0.15) is 11.9 Å². The van der Waals surface area contributed by atoms with E-state index in [4.69, 9.17) is 6.57 Å². The Labute approximate surface area is 192 Å². The molecule has 0 heterocycles. The van der Waals surface area contributed by atoms with E-state index in [2.05, 4.69) is 55.1 Å². The van der Waals surface area contributed by atoms with Gasteiger partial charge in [-0.2, -0.15) is 5.26 Å². The summed E-state index contributed by atoms with van der Waals surface area (Å²) in [5, 5.41) is 9.47. The SMILES string of the molecule is [C-]#[N+]c1cc(N(c2ccccc2)c2ccc3c(c2)C(C)(C)c2ccccc2-3)cc(C#N)c1F. The first-order valence-electron chi connectivity index (χ1n) is 10.7. The predicted octanol–water partition coefficient (Wildman–Crippen LogP) is 8.02. The molecule has 5 rings (SSSR count). The van der Waals surface area contributed by atoms with Crippen molar-refractivity contribution in [3.8, 4) is 17.2 Å². The van der Waals surface area contributed by atoms with Crippen molar-refractivity contribution in [2.24, 2.45) is 0 Å². The molecule has 4 aromatic rings. The molecule has 1 aliphatic rings. The highest BCUT2D eigenvalue weighted by molar-refractivity contribution is 5.86. The first kappa shape index (κ1) is 20.5. The lowest BCUT2D eigenvalue weighted by Gasteiger charge is -2.28. The Bertz CT molecular complexity index is 1440. The van der Waals surface area contributed by atoms with E-state index in [-0.39, 0.29) is 16.7 Å². The topological polar surface area (TPSA) is 31.4 Å². The molecule has 158 valence electrons. The highest BCUT2D eigenvalue weighted by Crippen LogP contribution is 2.50. The average Bonchev–Trinajstić information content (AvgIpc) is 3.07. The minimum absolute atomic E-state index is 0.145. The Morgan fingerprint density at radius 1 is 0.818 bits per heavy atom. The molecule has 0 N–H and O–H groups in total. The number of rotatable bonds is 3. The fourth-order valence-electron chi connectivity index (χ4n) is 4.74. The summed E-state index contributed by atoms with van der Waals surface area (Å²) in [5.41, 5.74) is 6.75. The Kier molecular flexibility index (Phi) is 4.73. The molecule has 3 nitrogen and oxygen atoms in total. The Hall–Kier alpha value is -4.41. The Balaban J connectivity index is 1.74. The number of anilines is 3. The lowest BCUT2D eigenvalue weighted by Crippen LogP contribution is -2.16. The van der Waals surface area contributed by atoms with Gasteiger partial charge in [0.05, 0.1) is 12.1 Å². The molecule has 0 aromatic heterocycles. The standard InChI is InChI=1S/C29H20FN3/c1-29(2)25-12-8-7-11-23(25)24-14-13-21(16-26(24)29)33(20-9-5-4-6-10-20)22-15-19(18-31)28(30)27(17-22)32-3/h4-17H,1-2H3. The zero-order chi connectivity index (χ0) is 23.2. The number of hydrogen-bond acceptors (Lipinski definition) is 2. The summed E-state index contributed by atoms with van der Waals surface area (Å²) in [6, 6.07) is 29.4. The maximum absolute atomic E-state index is 14.5. The molecule has 0 saturated heterocycles. The number of nitriles is 1. The van der Waals surface area contributed by atoms with E-state index in [0.29, 0.717) is 5.69 Å². The van der Waals surface area contributed by atoms with Crippen molar-refractivity contribution in [3.05, 3.63) is 119 Å². The molecule has 0 aliphatic heterocycles. The fraction of sp³-hybridized carbons (Fsp3) is 0.103. The van der Waals surface area contributed by atoms with Crippen LogP contribution >= 0.6 is 0 Å². The Morgan fingerprint density at radius 3 is 2.24 bits per heavy atom. The maximum Gasteiger partial charge on any atom is 0.225 e. The third kappa shape index (κ3) is 3.16. The van der Waals surface area contributed by atoms with Gasteiger partial charge in [0.25, 0.3) is 0 Å². The molecule has 0 unspecified atom stereocenters. The van der Waals surface area contributed by atoms with E-state index in [0.717, 1.165) is 11.4 Å². The quantitative estimate of drug-likeness (QED) is 0.309. The summed E-state index contributed by atoms with van der Waals surface area (Å²) in [5.74, 6) is -0.783. The third-order valence-electron chi connectivity index (χ3n) is 6.38. The molecule has 0 radical (unpaired) electrons. The zero-order valence-electron chi connectivity index (χ0n) is 18.3. The minimum atomic E-state index is -0.783. The van der Waals surface area contributed by atoms with Crippen LogP contribution in [0.1, 0.15) is 30.5 Å². The van der Waals surface area contributed by atoms with Crippen molar-refractivity contribution in [2.75, 3.05) is 4.90 Å². The van der Waals surface area contributed by atoms with Crippen LogP contribution in [0.25, 0.3) is 16.0 Å². The van der Waals surface area contributed by atoms with E-state index >= 15 is 0 Å². The molecule has 0 atom stereocenters. The molecule has 4 aromatic carbocycles. The lowest BCUT2D eigenvalue weighted by molar-refractivity contribution is 0.630. The highest BCUT2D eigenvalue weighted by atomic mass is 19.1. The molecule has 33 heavy (non-hydrogen) atoms. The average molecular weight is 429 g/mol. The minimum Gasteiger partial charge on any atom is -0.312 e. The van der Waals surface area contributed by atoms with Gasteiger partial charge in [-0.05, 0) is 58.7 Å². The Morgan fingerprint density at radius 2 is 1.52 bits per heavy atom. The number of nitrogens with zero attached hydrogens (tertiary/aromatic N) is 3. The largest absolute Gasteiger partial charge is 0.312 e. The number of fused-ring (bicyclic) bond motifs is 3. The second kappa shape index (κ2) is 7.62. The van der Waals surface area contributed by atoms with Gasteiger partial charge in [-0.25, -0.2) is 9.24 Å². The second-order valence-electron chi connectivity index (χ2n) is 8.62. The van der Waals surface area contributed by atoms with E-state index < -0.39 is 5.82 Å². The van der Waals surface area contributed by atoms with Crippen LogP contribution in [0.15, 0.2) is 84.9 Å². The maximum atomic E-state index is 14.5. The molecule has 0 spiro atoms. The summed E-state index contributed by atoms with van der Waals surface area (Å²) in [7, 11) is 0. The smallest absolute Gasteiger partial charge is 0.225 e. The van der Waals surface area contributed by atoms with Crippen molar-refractivity contribution in [2.45, 2.75) is 19.3 Å². The van der Waals surface area contributed by atoms with Crippen LogP contribution in [0.2, 0.25) is 0 Å². The summed E-state index contributed by atoms with van der Waals surface area (Å²) in [6.07, 6.45) is 0. The van der Waals surface area contributed by atoms with E-state index in [1.807, 2.05) is 47.4 Å². The van der Waals surface area contributed by atoms with Gasteiger partial charge in [0.2, 0.25) is 5.69 Å². The van der Waals surface area contributed by atoms with Gasteiger partial charge in [-0.15, -0.1) is 0 Å². The summed E-state index contributed by atoms with van der Waals surface area (Å²) < 4.78 is 14.5. The van der Waals surface area contributed by atoms with Gasteiger partial charge in [0, 0.05) is 22.5 Å². The lowest BCUT2D eigenvalue weighted by atomic mass is 9.82. The predicted molar refractivity (Wildman–Crippen MR) is 130 cm³/mol. The van der Waals surface area contributed by atoms with Crippen LogP contribution < -0.4 is 4.90 Å². The summed E-state index contributed by atoms with van der Waals surface area (Å²) >= 11 is 0. The molecule has 0 amide bonds. The van der Waals surface area contributed by atoms with Crippen LogP contribution in [-0.2, 0) is 5.41 Å². The van der Waals surface area contributed by atoms with Gasteiger partial charge < -0.3 is 4.90 Å². The van der Waals surface area contributed by atoms with Gasteiger partial charge in [-0.3, -0.25) is 0 Å². The first-order chi connectivity index (χ1) is 16.0. The normalized spacial score (nSPS) is 12.9. The number of hydrogen-bond donors (Lipinski definition) is 0. The third-order valence-corrected chi connectivity index (χ3v) is 6.38. The van der Waals surface area contributed by atoms with Crippen LogP contribution in [0.3, 0.4) is 0 Å². The van der Waals surface area contributed by atoms with Gasteiger partial charge in [-0.1, -0.05) is 62.4 Å². The highest BCUT2D eigenvalue weighted by Gasteiger charge is 2.35. The van der Waals surface area contributed by atoms with Crippen molar-refractivity contribution < 1.29 is 4.39 Å². The number of benzene rings is 4. The van der Waals surface area contributed by atoms with Crippen LogP contribution in [0, 0.1) is 23.7 Å². The van der Waals surface area contributed by atoms with Crippen LogP contribution in [0.4, 0.5) is 27.1 Å². The summed E-state index contributed by atoms with van der Waals surface area (Å²) in [6.45, 7) is 11.8. The van der Waals surface area contributed by atoms with Crippen molar-refractivity contribution in [1.29, 1.82) is 5.26 Å². The van der Waals surface area contributed by atoms with Gasteiger partial charge in [0.15, 0.2) is 0 Å². The van der Waals surface area contributed by atoms with Crippen LogP contribution in [-0.4, -0.2) is 0 Å². The molecule has 1 aliphatic carbocycles. The summed E-state index contributed by atoms with van der Waals surface area (Å²) in [4.78, 5) is 5.28. The number of para-hydroxylation sites is 1. The van der Waals surface area contributed by atoms with Crippen LogP contribution in [0.5, 0.6) is 0 Å². The second-order valence-corrected chi connectivity index (χ2v) is 8.62. The fourth-order valence-corrected chi connectivity index (χ4v) is 4.74. The van der Waals surface area contributed by atoms with Crippen molar-refractivity contribution in [1.82, 2.24) is 0 Å². The van der Waals surface area contributed by atoms with E-state index in [9.17, 15) is 9.65 Å². The molecular weight excluding hydrogens is 409 g/mol. The monoisotopic (exact) mass is 429 g/mol. The molecule has 0 bridgehead atoms. The van der Waals surface area contributed by atoms with Crippen molar-refractivity contribution >= 4 is 22.7 Å².